The highest BCUT2D eigenvalue weighted by atomic mass is 16.5. The van der Waals surface area contributed by atoms with Crippen molar-refractivity contribution in [1.82, 2.24) is 9.80 Å². The van der Waals surface area contributed by atoms with E-state index in [1.54, 1.807) is 26.0 Å². The SMILES string of the molecule is CC(C)[C@@H](C(=O)OCC(=O)N1CCC(C(N)=O)CC1)N1C(=O)c2ccccc2C1=O. The summed E-state index contributed by atoms with van der Waals surface area (Å²) in [4.78, 5) is 64.2. The van der Waals surface area contributed by atoms with Crippen LogP contribution >= 0.6 is 0 Å². The molecule has 0 unspecified atom stereocenters. The highest BCUT2D eigenvalue weighted by Crippen LogP contribution is 2.27. The fraction of sp³-hybridized carbons (Fsp3) is 0.476. The number of esters is 1. The van der Waals surface area contributed by atoms with E-state index >= 15 is 0 Å². The van der Waals surface area contributed by atoms with Crippen molar-refractivity contribution in [2.75, 3.05) is 19.7 Å². The molecule has 1 aromatic carbocycles. The largest absolute Gasteiger partial charge is 0.454 e. The van der Waals surface area contributed by atoms with Crippen molar-refractivity contribution >= 4 is 29.6 Å². The molecule has 0 aromatic heterocycles. The number of likely N-dealkylation sites (tertiary alicyclic amines) is 1. The number of nitrogens with zero attached hydrogens (tertiary/aromatic N) is 2. The second kappa shape index (κ2) is 8.64. The molecule has 3 rings (SSSR count). The van der Waals surface area contributed by atoms with Crippen LogP contribution in [0.1, 0.15) is 47.4 Å². The molecule has 160 valence electrons. The number of benzene rings is 1. The van der Waals surface area contributed by atoms with Crippen LogP contribution in [-0.2, 0) is 19.1 Å². The molecular weight excluding hydrogens is 390 g/mol. The molecule has 30 heavy (non-hydrogen) atoms. The number of fused-ring (bicyclic) bond motifs is 1. The van der Waals surface area contributed by atoms with Gasteiger partial charge in [-0.3, -0.25) is 24.1 Å². The number of carbonyl (C=O) groups excluding carboxylic acids is 5. The summed E-state index contributed by atoms with van der Waals surface area (Å²) in [5.41, 5.74) is 5.78. The van der Waals surface area contributed by atoms with Gasteiger partial charge in [0, 0.05) is 19.0 Å². The molecule has 1 fully saturated rings. The minimum atomic E-state index is -1.13. The third-order valence-electron chi connectivity index (χ3n) is 5.56. The van der Waals surface area contributed by atoms with Gasteiger partial charge in [0.25, 0.3) is 17.7 Å². The molecule has 0 spiro atoms. The summed E-state index contributed by atoms with van der Waals surface area (Å²) in [5, 5.41) is 0. The summed E-state index contributed by atoms with van der Waals surface area (Å²) >= 11 is 0. The predicted molar refractivity (Wildman–Crippen MR) is 105 cm³/mol. The Morgan fingerprint density at radius 2 is 1.60 bits per heavy atom. The molecule has 1 saturated heterocycles. The van der Waals surface area contributed by atoms with Gasteiger partial charge in [0.2, 0.25) is 5.91 Å². The lowest BCUT2D eigenvalue weighted by Gasteiger charge is -2.31. The monoisotopic (exact) mass is 415 g/mol. The van der Waals surface area contributed by atoms with Gasteiger partial charge >= 0.3 is 5.97 Å². The van der Waals surface area contributed by atoms with Crippen molar-refractivity contribution < 1.29 is 28.7 Å². The van der Waals surface area contributed by atoms with Gasteiger partial charge in [0.1, 0.15) is 6.04 Å². The summed E-state index contributed by atoms with van der Waals surface area (Å²) < 4.78 is 5.19. The van der Waals surface area contributed by atoms with Crippen molar-refractivity contribution in [3.8, 4) is 0 Å². The first-order valence-electron chi connectivity index (χ1n) is 9.93. The molecule has 2 aliphatic rings. The Hall–Kier alpha value is -3.23. The third-order valence-corrected chi connectivity index (χ3v) is 5.56. The maximum Gasteiger partial charge on any atom is 0.330 e. The number of primary amides is 1. The molecule has 9 nitrogen and oxygen atoms in total. The van der Waals surface area contributed by atoms with Gasteiger partial charge in [0.05, 0.1) is 11.1 Å². The fourth-order valence-electron chi connectivity index (χ4n) is 3.86. The molecule has 0 aliphatic carbocycles. The molecule has 2 heterocycles. The number of ether oxygens (including phenoxy) is 1. The maximum absolute atomic E-state index is 12.7. The highest BCUT2D eigenvalue weighted by Gasteiger charge is 2.44. The number of carbonyl (C=O) groups is 5. The van der Waals surface area contributed by atoms with E-state index in [-0.39, 0.29) is 23.0 Å². The van der Waals surface area contributed by atoms with E-state index < -0.39 is 42.3 Å². The van der Waals surface area contributed by atoms with Gasteiger partial charge in [-0.15, -0.1) is 0 Å². The second-order valence-corrected chi connectivity index (χ2v) is 7.88. The standard InChI is InChI=1S/C21H25N3O6/c1-12(2)17(24-19(27)14-5-3-4-6-15(14)20(24)28)21(29)30-11-16(25)23-9-7-13(8-10-23)18(22)26/h3-6,12-13,17H,7-11H2,1-2H3,(H2,22,26)/t17-/m0/s1. The summed E-state index contributed by atoms with van der Waals surface area (Å²) in [7, 11) is 0. The van der Waals surface area contributed by atoms with Crippen LogP contribution in [0.2, 0.25) is 0 Å². The van der Waals surface area contributed by atoms with Gasteiger partial charge in [-0.2, -0.15) is 0 Å². The summed E-state index contributed by atoms with van der Waals surface area (Å²) in [6.45, 7) is 3.62. The minimum absolute atomic E-state index is 0.245. The van der Waals surface area contributed by atoms with Crippen molar-refractivity contribution in [3.63, 3.8) is 0 Å². The first-order chi connectivity index (χ1) is 14.2. The van der Waals surface area contributed by atoms with E-state index in [0.717, 1.165) is 4.90 Å². The normalized spacial score (nSPS) is 17.8. The number of imide groups is 1. The van der Waals surface area contributed by atoms with Crippen LogP contribution in [0.15, 0.2) is 24.3 Å². The molecule has 0 saturated carbocycles. The minimum Gasteiger partial charge on any atom is -0.454 e. The average Bonchev–Trinajstić information content (AvgIpc) is 2.97. The summed E-state index contributed by atoms with van der Waals surface area (Å²) in [6, 6.07) is 5.24. The van der Waals surface area contributed by atoms with Crippen LogP contribution in [0.4, 0.5) is 0 Å². The number of hydrogen-bond donors (Lipinski definition) is 1. The Morgan fingerprint density at radius 1 is 1.07 bits per heavy atom. The van der Waals surface area contributed by atoms with E-state index in [0.29, 0.717) is 25.9 Å². The van der Waals surface area contributed by atoms with Crippen LogP contribution in [0.3, 0.4) is 0 Å². The highest BCUT2D eigenvalue weighted by molar-refractivity contribution is 6.22. The van der Waals surface area contributed by atoms with E-state index in [1.165, 1.54) is 17.0 Å². The Bertz CT molecular complexity index is 853. The fourth-order valence-corrected chi connectivity index (χ4v) is 3.86. The van der Waals surface area contributed by atoms with Gasteiger partial charge in [-0.25, -0.2) is 4.79 Å². The average molecular weight is 415 g/mol. The van der Waals surface area contributed by atoms with Crippen molar-refractivity contribution in [2.45, 2.75) is 32.7 Å². The van der Waals surface area contributed by atoms with Crippen LogP contribution < -0.4 is 5.73 Å². The predicted octanol–water partition coefficient (Wildman–Crippen LogP) is 0.574. The van der Waals surface area contributed by atoms with E-state index in [4.69, 9.17) is 10.5 Å². The quantitative estimate of drug-likeness (QED) is 0.535. The Labute approximate surface area is 174 Å². The van der Waals surface area contributed by atoms with Crippen molar-refractivity contribution in [2.24, 2.45) is 17.6 Å². The molecule has 2 N–H and O–H groups in total. The van der Waals surface area contributed by atoms with Gasteiger partial charge in [-0.05, 0) is 30.9 Å². The number of rotatable bonds is 6. The molecular formula is C21H25N3O6. The third kappa shape index (κ3) is 4.05. The van der Waals surface area contributed by atoms with Crippen molar-refractivity contribution in [1.29, 1.82) is 0 Å². The van der Waals surface area contributed by atoms with Crippen molar-refractivity contribution in [3.05, 3.63) is 35.4 Å². The summed E-state index contributed by atoms with van der Waals surface area (Å²) in [5.74, 6) is -3.33. The molecule has 1 aromatic rings. The molecule has 1 atom stereocenters. The molecule has 2 aliphatic heterocycles. The molecule has 9 heteroatoms. The zero-order chi connectivity index (χ0) is 22.0. The smallest absolute Gasteiger partial charge is 0.330 e. The Balaban J connectivity index is 1.63. The topological polar surface area (TPSA) is 127 Å². The maximum atomic E-state index is 12.7. The Kier molecular flexibility index (Phi) is 6.19. The van der Waals surface area contributed by atoms with Crippen LogP contribution in [0, 0.1) is 11.8 Å². The zero-order valence-corrected chi connectivity index (χ0v) is 17.0. The van der Waals surface area contributed by atoms with E-state index in [2.05, 4.69) is 0 Å². The van der Waals surface area contributed by atoms with Gasteiger partial charge in [0.15, 0.2) is 6.61 Å². The van der Waals surface area contributed by atoms with Crippen LogP contribution in [0.5, 0.6) is 0 Å². The first kappa shape index (κ1) is 21.5. The number of hydrogen-bond acceptors (Lipinski definition) is 6. The Morgan fingerprint density at radius 3 is 2.07 bits per heavy atom. The summed E-state index contributed by atoms with van der Waals surface area (Å²) in [6.07, 6.45) is 0.942. The molecule has 0 bridgehead atoms. The van der Waals surface area contributed by atoms with Crippen LogP contribution in [0.25, 0.3) is 0 Å². The lowest BCUT2D eigenvalue weighted by molar-refractivity contribution is -0.157. The first-order valence-corrected chi connectivity index (χ1v) is 9.93. The number of amides is 4. The van der Waals surface area contributed by atoms with E-state index in [9.17, 15) is 24.0 Å². The zero-order valence-electron chi connectivity index (χ0n) is 17.0. The van der Waals surface area contributed by atoms with Gasteiger partial charge in [-0.1, -0.05) is 26.0 Å². The number of piperidine rings is 1. The molecule has 4 amide bonds. The van der Waals surface area contributed by atoms with Crippen LogP contribution in [-0.4, -0.2) is 65.1 Å². The molecule has 0 radical (unpaired) electrons. The number of nitrogens with two attached hydrogens (primary N) is 1. The van der Waals surface area contributed by atoms with Gasteiger partial charge < -0.3 is 15.4 Å². The van der Waals surface area contributed by atoms with E-state index in [1.807, 2.05) is 0 Å². The second-order valence-electron chi connectivity index (χ2n) is 7.88. The lowest BCUT2D eigenvalue weighted by Crippen LogP contribution is -2.49. The lowest BCUT2D eigenvalue weighted by atomic mass is 9.96.